The van der Waals surface area contributed by atoms with E-state index in [1.54, 1.807) is 6.20 Å². The lowest BCUT2D eigenvalue weighted by Gasteiger charge is -2.01. The Labute approximate surface area is 72.1 Å². The number of benzene rings is 1. The second-order valence-electron chi connectivity index (χ2n) is 2.65. The van der Waals surface area contributed by atoms with Crippen LogP contribution in [-0.4, -0.2) is 0 Å². The zero-order valence-electron chi connectivity index (χ0n) is 7.04. The topological polar surface area (TPSA) is 64.1 Å². The number of anilines is 2. The van der Waals surface area contributed by atoms with Gasteiger partial charge in [0.05, 0.1) is 0 Å². The number of nitrogens with two attached hydrogens (primary N) is 2. The Balaban J connectivity index is 2.65. The fraction of sp³-hybridized carbons (Fsp3) is 0.111. The quantitative estimate of drug-likeness (QED) is 0.579. The predicted octanol–water partition coefficient (Wildman–Crippen LogP) is 1.50. The Morgan fingerprint density at radius 1 is 1.33 bits per heavy atom. The van der Waals surface area contributed by atoms with Gasteiger partial charge in [0.15, 0.2) is 0 Å². The molecule has 0 heterocycles. The van der Waals surface area contributed by atoms with Crippen LogP contribution < -0.4 is 16.8 Å². The Bertz CT molecular complexity index is 270. The molecule has 0 aliphatic heterocycles. The largest absolute Gasteiger partial charge is 0.401 e. The van der Waals surface area contributed by atoms with Crippen molar-refractivity contribution in [3.05, 3.63) is 36.2 Å². The summed E-state index contributed by atoms with van der Waals surface area (Å²) in [5.41, 5.74) is 13.4. The first-order valence-electron chi connectivity index (χ1n) is 3.73. The van der Waals surface area contributed by atoms with Gasteiger partial charge in [-0.2, -0.15) is 0 Å². The first-order valence-corrected chi connectivity index (χ1v) is 3.73. The van der Waals surface area contributed by atoms with Crippen molar-refractivity contribution < 1.29 is 0 Å². The standard InChI is InChI=1S/C9H13N3/c1-7(10)6-12-9-4-2-8(11)3-5-9/h2-6,12H,10-11H2,1H3/b7-6-. The molecule has 1 rings (SSSR count). The highest BCUT2D eigenvalue weighted by atomic mass is 14.9. The summed E-state index contributed by atoms with van der Waals surface area (Å²) in [6, 6.07) is 7.47. The summed E-state index contributed by atoms with van der Waals surface area (Å²) in [4.78, 5) is 0. The molecule has 0 spiro atoms. The SMILES string of the molecule is C/C(N)=C/Nc1ccc(N)cc1. The predicted molar refractivity (Wildman–Crippen MR) is 52.4 cm³/mol. The van der Waals surface area contributed by atoms with E-state index in [1.807, 2.05) is 31.2 Å². The van der Waals surface area contributed by atoms with E-state index in [1.165, 1.54) is 0 Å². The zero-order chi connectivity index (χ0) is 8.97. The second kappa shape index (κ2) is 3.67. The normalized spacial score (nSPS) is 11.2. The molecule has 0 bridgehead atoms. The smallest absolute Gasteiger partial charge is 0.0381 e. The highest BCUT2D eigenvalue weighted by molar-refractivity contribution is 5.52. The van der Waals surface area contributed by atoms with E-state index in [0.29, 0.717) is 0 Å². The monoisotopic (exact) mass is 163 g/mol. The first-order chi connectivity index (χ1) is 5.68. The maximum Gasteiger partial charge on any atom is 0.0381 e. The minimum absolute atomic E-state index is 0.742. The van der Waals surface area contributed by atoms with E-state index in [2.05, 4.69) is 5.32 Å². The minimum Gasteiger partial charge on any atom is -0.401 e. The summed E-state index contributed by atoms with van der Waals surface area (Å²) in [5.74, 6) is 0. The summed E-state index contributed by atoms with van der Waals surface area (Å²) >= 11 is 0. The molecule has 12 heavy (non-hydrogen) atoms. The molecular weight excluding hydrogens is 150 g/mol. The molecule has 5 N–H and O–H groups in total. The Morgan fingerprint density at radius 2 is 1.92 bits per heavy atom. The number of hydrogen-bond acceptors (Lipinski definition) is 3. The third-order valence-corrected chi connectivity index (χ3v) is 1.38. The van der Waals surface area contributed by atoms with Gasteiger partial charge < -0.3 is 16.8 Å². The second-order valence-corrected chi connectivity index (χ2v) is 2.65. The first kappa shape index (κ1) is 8.46. The molecule has 3 nitrogen and oxygen atoms in total. The van der Waals surface area contributed by atoms with Crippen LogP contribution in [0.2, 0.25) is 0 Å². The number of rotatable bonds is 2. The molecule has 0 aliphatic rings. The van der Waals surface area contributed by atoms with Gasteiger partial charge in [0.25, 0.3) is 0 Å². The molecule has 0 fully saturated rings. The van der Waals surface area contributed by atoms with Crippen molar-refractivity contribution >= 4 is 11.4 Å². The van der Waals surface area contributed by atoms with Crippen LogP contribution in [0.3, 0.4) is 0 Å². The molecule has 0 atom stereocenters. The van der Waals surface area contributed by atoms with Gasteiger partial charge in [-0.1, -0.05) is 0 Å². The fourth-order valence-electron chi connectivity index (χ4n) is 0.777. The van der Waals surface area contributed by atoms with Crippen LogP contribution in [0.4, 0.5) is 11.4 Å². The van der Waals surface area contributed by atoms with Crippen molar-refractivity contribution in [1.29, 1.82) is 0 Å². The average molecular weight is 163 g/mol. The molecule has 0 aromatic heterocycles. The lowest BCUT2D eigenvalue weighted by molar-refractivity contribution is 1.29. The fourth-order valence-corrected chi connectivity index (χ4v) is 0.777. The van der Waals surface area contributed by atoms with Gasteiger partial charge in [0, 0.05) is 23.3 Å². The maximum atomic E-state index is 5.51. The van der Waals surface area contributed by atoms with E-state index < -0.39 is 0 Å². The summed E-state index contributed by atoms with van der Waals surface area (Å²) in [6.07, 6.45) is 1.74. The molecule has 64 valence electrons. The van der Waals surface area contributed by atoms with Gasteiger partial charge >= 0.3 is 0 Å². The molecule has 0 unspecified atom stereocenters. The lowest BCUT2D eigenvalue weighted by atomic mass is 10.3. The van der Waals surface area contributed by atoms with Crippen molar-refractivity contribution in [2.24, 2.45) is 5.73 Å². The minimum atomic E-state index is 0.742. The van der Waals surface area contributed by atoms with E-state index in [4.69, 9.17) is 11.5 Å². The van der Waals surface area contributed by atoms with E-state index in [9.17, 15) is 0 Å². The molecule has 0 amide bonds. The van der Waals surface area contributed by atoms with Gasteiger partial charge in [-0.3, -0.25) is 0 Å². The number of nitrogens with one attached hydrogen (secondary N) is 1. The average Bonchev–Trinajstić information content (AvgIpc) is 2.03. The van der Waals surface area contributed by atoms with Crippen molar-refractivity contribution in [3.63, 3.8) is 0 Å². The van der Waals surface area contributed by atoms with Gasteiger partial charge in [-0.05, 0) is 31.2 Å². The van der Waals surface area contributed by atoms with Gasteiger partial charge in [-0.15, -0.1) is 0 Å². The molecular formula is C9H13N3. The van der Waals surface area contributed by atoms with Gasteiger partial charge in [-0.25, -0.2) is 0 Å². The van der Waals surface area contributed by atoms with Crippen LogP contribution in [-0.2, 0) is 0 Å². The van der Waals surface area contributed by atoms with Crippen LogP contribution in [0.1, 0.15) is 6.92 Å². The molecule has 3 heteroatoms. The maximum absolute atomic E-state index is 5.51. The zero-order valence-corrected chi connectivity index (χ0v) is 7.04. The summed E-state index contributed by atoms with van der Waals surface area (Å²) in [5, 5.41) is 3.03. The van der Waals surface area contributed by atoms with Crippen molar-refractivity contribution in [1.82, 2.24) is 0 Å². The van der Waals surface area contributed by atoms with Gasteiger partial charge in [0.1, 0.15) is 0 Å². The molecule has 0 radical (unpaired) electrons. The van der Waals surface area contributed by atoms with Crippen molar-refractivity contribution in [2.45, 2.75) is 6.92 Å². The van der Waals surface area contributed by atoms with Crippen molar-refractivity contribution in [2.75, 3.05) is 11.1 Å². The molecule has 1 aromatic carbocycles. The summed E-state index contributed by atoms with van der Waals surface area (Å²) < 4.78 is 0. The lowest BCUT2D eigenvalue weighted by Crippen LogP contribution is -1.96. The molecule has 0 aliphatic carbocycles. The number of hydrogen-bond donors (Lipinski definition) is 3. The highest BCUT2D eigenvalue weighted by Gasteiger charge is 1.87. The van der Waals surface area contributed by atoms with Crippen molar-refractivity contribution in [3.8, 4) is 0 Å². The number of nitrogen functional groups attached to an aromatic ring is 1. The third-order valence-electron chi connectivity index (χ3n) is 1.38. The molecule has 1 aromatic rings. The van der Waals surface area contributed by atoms with Crippen LogP contribution in [0.15, 0.2) is 36.2 Å². The van der Waals surface area contributed by atoms with Crippen LogP contribution in [0.5, 0.6) is 0 Å². The van der Waals surface area contributed by atoms with E-state index in [-0.39, 0.29) is 0 Å². The van der Waals surface area contributed by atoms with Crippen LogP contribution in [0, 0.1) is 0 Å². The molecule has 0 saturated heterocycles. The Kier molecular flexibility index (Phi) is 2.58. The van der Waals surface area contributed by atoms with Gasteiger partial charge in [0.2, 0.25) is 0 Å². The number of allylic oxidation sites excluding steroid dienone is 1. The third kappa shape index (κ3) is 2.54. The summed E-state index contributed by atoms with van der Waals surface area (Å²) in [7, 11) is 0. The van der Waals surface area contributed by atoms with E-state index >= 15 is 0 Å². The Hall–Kier alpha value is -1.64. The molecule has 0 saturated carbocycles. The Morgan fingerprint density at radius 3 is 2.42 bits per heavy atom. The van der Waals surface area contributed by atoms with Crippen LogP contribution >= 0.6 is 0 Å². The highest BCUT2D eigenvalue weighted by Crippen LogP contribution is 2.10. The summed E-state index contributed by atoms with van der Waals surface area (Å²) in [6.45, 7) is 1.82. The van der Waals surface area contributed by atoms with Crippen LogP contribution in [0.25, 0.3) is 0 Å². The van der Waals surface area contributed by atoms with E-state index in [0.717, 1.165) is 17.1 Å².